The van der Waals surface area contributed by atoms with E-state index < -0.39 is 7.12 Å². The molecule has 0 amide bonds. The van der Waals surface area contributed by atoms with E-state index in [4.69, 9.17) is 4.65 Å². The predicted octanol–water partition coefficient (Wildman–Crippen LogP) is 0.850. The predicted molar refractivity (Wildman–Crippen MR) is 80.8 cm³/mol. The van der Waals surface area contributed by atoms with E-state index in [1.165, 1.54) is 0 Å². The maximum absolute atomic E-state index is 10.2. The van der Waals surface area contributed by atoms with Crippen LogP contribution in [-0.4, -0.2) is 45.8 Å². The fraction of sp³-hybridized carbons (Fsp3) is 0.462. The van der Waals surface area contributed by atoms with E-state index in [-0.39, 0.29) is 5.60 Å². The molecule has 7 heteroatoms. The van der Waals surface area contributed by atoms with Crippen molar-refractivity contribution in [2.45, 2.75) is 18.4 Å². The monoisotopic (exact) mass is 289 g/mol. The Kier molecular flexibility index (Phi) is 2.85. The van der Waals surface area contributed by atoms with Crippen LogP contribution in [0.1, 0.15) is 18.4 Å². The van der Waals surface area contributed by atoms with Crippen molar-refractivity contribution < 1.29 is 9.68 Å². The highest BCUT2D eigenvalue weighted by molar-refractivity contribution is 7.96. The third-order valence-electron chi connectivity index (χ3n) is 4.46. The van der Waals surface area contributed by atoms with Gasteiger partial charge in [0.05, 0.1) is 5.60 Å². The number of nitrogens with zero attached hydrogens (tertiary/aromatic N) is 2. The van der Waals surface area contributed by atoms with Crippen LogP contribution in [0.5, 0.6) is 0 Å². The van der Waals surface area contributed by atoms with Gasteiger partial charge in [-0.3, -0.25) is 4.31 Å². The lowest BCUT2D eigenvalue weighted by molar-refractivity contribution is 0.0153. The van der Waals surface area contributed by atoms with Crippen LogP contribution in [0.15, 0.2) is 18.5 Å². The average molecular weight is 289 g/mol. The summed E-state index contributed by atoms with van der Waals surface area (Å²) in [5, 5.41) is 11.3. The van der Waals surface area contributed by atoms with Gasteiger partial charge in [0.25, 0.3) is 0 Å². The molecule has 0 aromatic carbocycles. The van der Waals surface area contributed by atoms with E-state index in [0.717, 1.165) is 48.0 Å². The molecule has 0 atom stereocenters. The highest BCUT2D eigenvalue weighted by atomic mass is 32.2. The highest BCUT2D eigenvalue weighted by Crippen LogP contribution is 2.43. The molecule has 0 radical (unpaired) electrons. The number of fused-ring (bicyclic) bond motifs is 4. The van der Waals surface area contributed by atoms with Gasteiger partial charge < -0.3 is 14.7 Å². The smallest absolute Gasteiger partial charge is 0.423 e. The first-order valence-corrected chi connectivity index (χ1v) is 8.03. The third-order valence-corrected chi connectivity index (χ3v) is 5.34. The Morgan fingerprint density at radius 1 is 1.50 bits per heavy atom. The zero-order chi connectivity index (χ0) is 13.7. The minimum Gasteiger partial charge on any atom is -0.423 e. The lowest BCUT2D eigenvalue weighted by atomic mass is 9.76. The van der Waals surface area contributed by atoms with Crippen LogP contribution in [0.2, 0.25) is 0 Å². The topological polar surface area (TPSA) is 61.4 Å². The van der Waals surface area contributed by atoms with Crippen molar-refractivity contribution in [1.29, 1.82) is 0 Å². The molecule has 1 spiro atoms. The molecule has 1 fully saturated rings. The van der Waals surface area contributed by atoms with Crippen molar-refractivity contribution in [1.82, 2.24) is 14.3 Å². The number of H-pyrrole nitrogens is 1. The van der Waals surface area contributed by atoms with E-state index in [2.05, 4.69) is 20.5 Å². The fourth-order valence-electron chi connectivity index (χ4n) is 3.45. The van der Waals surface area contributed by atoms with Crippen molar-refractivity contribution in [2.24, 2.45) is 0 Å². The van der Waals surface area contributed by atoms with Gasteiger partial charge in [-0.15, -0.1) is 0 Å². The summed E-state index contributed by atoms with van der Waals surface area (Å²) in [5.41, 5.74) is 2.48. The van der Waals surface area contributed by atoms with Gasteiger partial charge in [-0.25, -0.2) is 4.98 Å². The standard InChI is InChI=1S/C13H16BN3O2S/c1-20-17-6-3-13(4-7-17)11-9-2-5-15-12(9)16-8-10(11)14(18)19-13/h2,5,8,18H,3-4,6-7H2,1H3,(H,15,16). The summed E-state index contributed by atoms with van der Waals surface area (Å²) in [6.07, 6.45) is 7.55. The first kappa shape index (κ1) is 12.7. The molecule has 2 aliphatic heterocycles. The second-order valence-electron chi connectivity index (χ2n) is 5.40. The number of aromatic amines is 1. The molecule has 20 heavy (non-hydrogen) atoms. The van der Waals surface area contributed by atoms with Gasteiger partial charge in [0.1, 0.15) is 5.65 Å². The number of hydrogen-bond donors (Lipinski definition) is 2. The van der Waals surface area contributed by atoms with E-state index in [0.29, 0.717) is 0 Å². The first-order valence-electron chi connectivity index (χ1n) is 6.85. The first-order chi connectivity index (χ1) is 9.73. The molecule has 2 aromatic rings. The maximum Gasteiger partial charge on any atom is 0.493 e. The molecule has 2 N–H and O–H groups in total. The van der Waals surface area contributed by atoms with Gasteiger partial charge >= 0.3 is 7.12 Å². The maximum atomic E-state index is 10.2. The van der Waals surface area contributed by atoms with Gasteiger partial charge in [-0.1, -0.05) is 11.9 Å². The Bertz CT molecular complexity index is 654. The second kappa shape index (κ2) is 4.49. The van der Waals surface area contributed by atoms with Gasteiger partial charge in [-0.05, 0) is 30.7 Å². The van der Waals surface area contributed by atoms with Gasteiger partial charge in [0, 0.05) is 36.3 Å². The van der Waals surface area contributed by atoms with Gasteiger partial charge in [0.2, 0.25) is 0 Å². The summed E-state index contributed by atoms with van der Waals surface area (Å²) in [4.78, 5) is 7.51. The zero-order valence-electron chi connectivity index (χ0n) is 11.3. The van der Waals surface area contributed by atoms with Crippen LogP contribution in [0.3, 0.4) is 0 Å². The van der Waals surface area contributed by atoms with Crippen molar-refractivity contribution in [3.63, 3.8) is 0 Å². The Labute approximate surface area is 122 Å². The number of rotatable bonds is 1. The van der Waals surface area contributed by atoms with Crippen LogP contribution < -0.4 is 5.46 Å². The Morgan fingerprint density at radius 2 is 2.30 bits per heavy atom. The van der Waals surface area contributed by atoms with E-state index in [9.17, 15) is 5.02 Å². The summed E-state index contributed by atoms with van der Waals surface area (Å²) in [7, 11) is -0.849. The SMILES string of the molecule is CSN1CCC2(CC1)OB(O)c1cnc3[nH]ccc3c12. The number of aromatic nitrogens is 2. The third kappa shape index (κ3) is 1.67. The molecule has 0 bridgehead atoms. The van der Waals surface area contributed by atoms with Crippen LogP contribution in [0.4, 0.5) is 0 Å². The van der Waals surface area contributed by atoms with E-state index in [1.807, 2.05) is 12.3 Å². The van der Waals surface area contributed by atoms with Gasteiger partial charge in [-0.2, -0.15) is 0 Å². The molecule has 2 aromatic heterocycles. The summed E-state index contributed by atoms with van der Waals surface area (Å²) in [5.74, 6) is 0. The molecule has 1 saturated heterocycles. The Hall–Kier alpha value is -1.02. The number of hydrogen-bond acceptors (Lipinski definition) is 5. The molecule has 4 heterocycles. The lowest BCUT2D eigenvalue weighted by Crippen LogP contribution is -2.40. The van der Waals surface area contributed by atoms with E-state index >= 15 is 0 Å². The normalized spacial score (nSPS) is 21.8. The molecular formula is C13H16BN3O2S. The highest BCUT2D eigenvalue weighted by Gasteiger charge is 2.49. The molecule has 0 unspecified atom stereocenters. The summed E-state index contributed by atoms with van der Waals surface area (Å²) in [6.45, 7) is 1.95. The number of nitrogens with one attached hydrogen (secondary N) is 1. The fourth-order valence-corrected chi connectivity index (χ4v) is 4.00. The van der Waals surface area contributed by atoms with Crippen molar-refractivity contribution in [2.75, 3.05) is 19.3 Å². The number of pyridine rings is 1. The molecule has 2 aliphatic rings. The Morgan fingerprint density at radius 3 is 3.05 bits per heavy atom. The average Bonchev–Trinajstić information content (AvgIpc) is 3.03. The lowest BCUT2D eigenvalue weighted by Gasteiger charge is -2.39. The van der Waals surface area contributed by atoms with Crippen LogP contribution in [-0.2, 0) is 10.3 Å². The summed E-state index contributed by atoms with van der Waals surface area (Å²) < 4.78 is 8.34. The van der Waals surface area contributed by atoms with Crippen LogP contribution in [0.25, 0.3) is 11.0 Å². The zero-order valence-corrected chi connectivity index (χ0v) is 12.1. The largest absolute Gasteiger partial charge is 0.493 e. The van der Waals surface area contributed by atoms with Crippen molar-refractivity contribution >= 4 is 35.6 Å². The van der Waals surface area contributed by atoms with Gasteiger partial charge in [0.15, 0.2) is 0 Å². The van der Waals surface area contributed by atoms with Crippen LogP contribution >= 0.6 is 11.9 Å². The molecular weight excluding hydrogens is 273 g/mol. The molecule has 0 saturated carbocycles. The van der Waals surface area contributed by atoms with Crippen molar-refractivity contribution in [3.05, 3.63) is 24.0 Å². The Balaban J connectivity index is 1.84. The number of piperidine rings is 1. The molecule has 4 rings (SSSR count). The van der Waals surface area contributed by atoms with Crippen molar-refractivity contribution in [3.8, 4) is 0 Å². The quantitative estimate of drug-likeness (QED) is 0.602. The molecule has 104 valence electrons. The minimum atomic E-state index is -0.849. The van der Waals surface area contributed by atoms with E-state index in [1.54, 1.807) is 18.1 Å². The molecule has 5 nitrogen and oxygen atoms in total. The summed E-state index contributed by atoms with van der Waals surface area (Å²) in [6, 6.07) is 2.03. The molecule has 0 aliphatic carbocycles. The van der Waals surface area contributed by atoms with Crippen LogP contribution in [0, 0.1) is 0 Å². The summed E-state index contributed by atoms with van der Waals surface area (Å²) >= 11 is 1.77. The second-order valence-corrected chi connectivity index (χ2v) is 6.29. The minimum absolute atomic E-state index is 0.357.